The lowest BCUT2D eigenvalue weighted by Gasteiger charge is -2.34. The first-order valence-electron chi connectivity index (χ1n) is 11.5. The molecule has 6 heteroatoms. The quantitative estimate of drug-likeness (QED) is 0.550. The molecule has 2 aliphatic rings. The van der Waals surface area contributed by atoms with E-state index in [9.17, 15) is 9.59 Å². The average Bonchev–Trinajstić information content (AvgIpc) is 3.21. The van der Waals surface area contributed by atoms with Crippen LogP contribution < -0.4 is 14.2 Å². The smallest absolute Gasteiger partial charge is 0.253 e. The lowest BCUT2D eigenvalue weighted by Crippen LogP contribution is -2.45. The predicted molar refractivity (Wildman–Crippen MR) is 122 cm³/mol. The molecule has 2 heterocycles. The molecule has 0 aliphatic carbocycles. The fourth-order valence-electron chi connectivity index (χ4n) is 4.44. The van der Waals surface area contributed by atoms with Crippen LogP contribution in [0.1, 0.15) is 66.2 Å². The van der Waals surface area contributed by atoms with Crippen LogP contribution >= 0.6 is 0 Å². The Morgan fingerprint density at radius 3 is 2.62 bits per heavy atom. The van der Waals surface area contributed by atoms with Crippen LogP contribution in [0.3, 0.4) is 0 Å². The fraction of sp³-hybridized carbons (Fsp3) is 0.462. The van der Waals surface area contributed by atoms with Gasteiger partial charge in [0.15, 0.2) is 5.78 Å². The zero-order chi connectivity index (χ0) is 22.6. The Bertz CT molecular complexity index is 971. The molecule has 1 saturated heterocycles. The van der Waals surface area contributed by atoms with Crippen molar-refractivity contribution in [2.45, 2.75) is 51.0 Å². The van der Waals surface area contributed by atoms with E-state index in [-0.39, 0.29) is 18.1 Å². The van der Waals surface area contributed by atoms with Gasteiger partial charge in [-0.1, -0.05) is 26.2 Å². The molecule has 1 fully saturated rings. The number of unbranched alkanes of at least 4 members (excludes halogenated alkanes) is 3. The van der Waals surface area contributed by atoms with Crippen molar-refractivity contribution in [2.75, 3.05) is 26.8 Å². The minimum atomic E-state index is -0.657. The minimum absolute atomic E-state index is 0.0277. The second-order valence-corrected chi connectivity index (χ2v) is 8.66. The van der Waals surface area contributed by atoms with Crippen LogP contribution in [-0.2, 0) is 0 Å². The van der Waals surface area contributed by atoms with E-state index in [4.69, 9.17) is 14.2 Å². The molecular weight excluding hydrogens is 406 g/mol. The Balaban J connectivity index is 1.37. The second kappa shape index (κ2) is 9.63. The van der Waals surface area contributed by atoms with Gasteiger partial charge in [0.25, 0.3) is 5.91 Å². The Hall–Kier alpha value is -3.02. The molecule has 1 atom stereocenters. The molecule has 2 aliphatic heterocycles. The fourth-order valence-corrected chi connectivity index (χ4v) is 4.44. The highest BCUT2D eigenvalue weighted by atomic mass is 16.5. The summed E-state index contributed by atoms with van der Waals surface area (Å²) in [5.74, 6) is 1.96. The van der Waals surface area contributed by atoms with Crippen molar-refractivity contribution in [3.8, 4) is 17.2 Å². The van der Waals surface area contributed by atoms with Gasteiger partial charge in [0, 0.05) is 18.5 Å². The largest absolute Gasteiger partial charge is 0.497 e. The average molecular weight is 438 g/mol. The highest BCUT2D eigenvalue weighted by Gasteiger charge is 2.47. The van der Waals surface area contributed by atoms with E-state index in [1.807, 2.05) is 24.3 Å². The van der Waals surface area contributed by atoms with Crippen LogP contribution in [0.4, 0.5) is 0 Å². The van der Waals surface area contributed by atoms with Crippen molar-refractivity contribution in [2.24, 2.45) is 0 Å². The third-order valence-corrected chi connectivity index (χ3v) is 6.27. The number of rotatable bonds is 8. The first kappa shape index (κ1) is 22.2. The van der Waals surface area contributed by atoms with Gasteiger partial charge in [-0.15, -0.1) is 0 Å². The highest BCUT2D eigenvalue weighted by molar-refractivity contribution is 6.01. The summed E-state index contributed by atoms with van der Waals surface area (Å²) in [5.41, 5.74) is 0.508. The van der Waals surface area contributed by atoms with Crippen molar-refractivity contribution in [3.63, 3.8) is 0 Å². The molecule has 6 nitrogen and oxygen atoms in total. The Morgan fingerprint density at radius 2 is 1.88 bits per heavy atom. The molecule has 4 rings (SSSR count). The zero-order valence-electron chi connectivity index (χ0n) is 18.9. The van der Waals surface area contributed by atoms with Crippen molar-refractivity contribution < 1.29 is 23.8 Å². The molecule has 0 N–H and O–H groups in total. The summed E-state index contributed by atoms with van der Waals surface area (Å²) in [6.45, 7) is 3.85. The van der Waals surface area contributed by atoms with E-state index in [0.29, 0.717) is 48.7 Å². The molecule has 0 radical (unpaired) electrons. The van der Waals surface area contributed by atoms with Crippen molar-refractivity contribution in [1.29, 1.82) is 0 Å². The number of carbonyl (C=O) groups is 2. The summed E-state index contributed by atoms with van der Waals surface area (Å²) in [5, 5.41) is 0. The molecule has 1 unspecified atom stereocenters. The van der Waals surface area contributed by atoms with Crippen molar-refractivity contribution >= 4 is 11.7 Å². The van der Waals surface area contributed by atoms with Crippen LogP contribution in [-0.4, -0.2) is 49.0 Å². The maximum atomic E-state index is 13.1. The summed E-state index contributed by atoms with van der Waals surface area (Å²) in [6, 6.07) is 12.6. The van der Waals surface area contributed by atoms with E-state index in [0.717, 1.165) is 12.2 Å². The molecule has 0 saturated carbocycles. The number of ketones is 1. The number of fused-ring (bicyclic) bond motifs is 1. The first-order chi connectivity index (χ1) is 15.5. The van der Waals surface area contributed by atoms with E-state index in [1.54, 1.807) is 30.2 Å². The number of Topliss-reactive ketones (excluding diaryl/α,β-unsaturated/α-hetero) is 1. The van der Waals surface area contributed by atoms with E-state index in [2.05, 4.69) is 6.92 Å². The van der Waals surface area contributed by atoms with Gasteiger partial charge >= 0.3 is 0 Å². The van der Waals surface area contributed by atoms with Crippen LogP contribution in [0.2, 0.25) is 0 Å². The van der Waals surface area contributed by atoms with Crippen LogP contribution in [0.5, 0.6) is 17.2 Å². The van der Waals surface area contributed by atoms with Crippen molar-refractivity contribution in [1.82, 2.24) is 4.90 Å². The number of benzene rings is 2. The normalized spacial score (nSPS) is 19.6. The van der Waals surface area contributed by atoms with Crippen LogP contribution in [0.15, 0.2) is 42.5 Å². The Labute approximate surface area is 189 Å². The SMILES string of the molecule is CCCCCCOc1ccc(C(=O)N2CCC3(CC(=O)c4cc(OC)ccc4O3)C2)cc1. The molecule has 1 spiro atoms. The lowest BCUT2D eigenvalue weighted by atomic mass is 9.89. The van der Waals surface area contributed by atoms with Gasteiger partial charge in [0.1, 0.15) is 22.8 Å². The molecular formula is C26H31NO5. The van der Waals surface area contributed by atoms with Crippen LogP contribution in [0, 0.1) is 0 Å². The zero-order valence-corrected chi connectivity index (χ0v) is 18.9. The first-order valence-corrected chi connectivity index (χ1v) is 11.5. The maximum Gasteiger partial charge on any atom is 0.253 e. The van der Waals surface area contributed by atoms with Crippen molar-refractivity contribution in [3.05, 3.63) is 53.6 Å². The van der Waals surface area contributed by atoms with Gasteiger partial charge in [-0.25, -0.2) is 0 Å². The number of ether oxygens (including phenoxy) is 3. The third-order valence-electron chi connectivity index (χ3n) is 6.27. The molecule has 170 valence electrons. The molecule has 1 amide bonds. The summed E-state index contributed by atoms with van der Waals surface area (Å²) in [6.07, 6.45) is 5.54. The number of likely N-dealkylation sites (tertiary alicyclic amines) is 1. The van der Waals surface area contributed by atoms with Gasteiger partial charge < -0.3 is 19.1 Å². The summed E-state index contributed by atoms with van der Waals surface area (Å²) in [4.78, 5) is 27.6. The van der Waals surface area contributed by atoms with Gasteiger partial charge in [-0.3, -0.25) is 9.59 Å². The summed E-state index contributed by atoms with van der Waals surface area (Å²) < 4.78 is 17.3. The molecule has 0 aromatic heterocycles. The number of hydrogen-bond donors (Lipinski definition) is 0. The molecule has 0 bridgehead atoms. The van der Waals surface area contributed by atoms with Gasteiger partial charge in [0.2, 0.25) is 0 Å². The Kier molecular flexibility index (Phi) is 6.68. The highest BCUT2D eigenvalue weighted by Crippen LogP contribution is 2.40. The Morgan fingerprint density at radius 1 is 1.09 bits per heavy atom. The monoisotopic (exact) mass is 437 g/mol. The van der Waals surface area contributed by atoms with Gasteiger partial charge in [-0.2, -0.15) is 0 Å². The lowest BCUT2D eigenvalue weighted by molar-refractivity contribution is 0.0427. The van der Waals surface area contributed by atoms with Gasteiger partial charge in [-0.05, 0) is 48.9 Å². The number of nitrogens with zero attached hydrogens (tertiary/aromatic N) is 1. The van der Waals surface area contributed by atoms with E-state index in [1.165, 1.54) is 19.3 Å². The van der Waals surface area contributed by atoms with E-state index >= 15 is 0 Å². The molecule has 32 heavy (non-hydrogen) atoms. The standard InChI is InChI=1S/C26H31NO5/c1-3-4-5-6-15-31-20-9-7-19(8-10-20)25(29)27-14-13-26(18-27)17-23(28)22-16-21(30-2)11-12-24(22)32-26/h7-12,16H,3-6,13-15,17-18H2,1-2H3. The summed E-state index contributed by atoms with van der Waals surface area (Å²) in [7, 11) is 1.57. The van der Waals surface area contributed by atoms with Gasteiger partial charge in [0.05, 0.1) is 32.2 Å². The number of hydrogen-bond acceptors (Lipinski definition) is 5. The minimum Gasteiger partial charge on any atom is -0.497 e. The predicted octanol–water partition coefficient (Wildman–Crippen LogP) is 4.90. The third kappa shape index (κ3) is 4.74. The number of methoxy groups -OCH3 is 1. The molecule has 2 aromatic carbocycles. The van der Waals surface area contributed by atoms with E-state index < -0.39 is 5.60 Å². The topological polar surface area (TPSA) is 65.1 Å². The second-order valence-electron chi connectivity index (χ2n) is 8.66. The number of amides is 1. The maximum absolute atomic E-state index is 13.1. The number of carbonyl (C=O) groups excluding carboxylic acids is 2. The molecule has 2 aromatic rings. The summed E-state index contributed by atoms with van der Waals surface area (Å²) >= 11 is 0. The van der Waals surface area contributed by atoms with Crippen LogP contribution in [0.25, 0.3) is 0 Å².